The predicted octanol–water partition coefficient (Wildman–Crippen LogP) is 4.96. The molecule has 0 spiro atoms. The molecule has 1 aromatic heterocycles. The molecular weight excluding hydrogens is 445 g/mol. The van der Waals surface area contributed by atoms with Gasteiger partial charge in [-0.05, 0) is 42.3 Å². The van der Waals surface area contributed by atoms with Crippen LogP contribution >= 0.6 is 24.4 Å². The Kier molecular flexibility index (Phi) is 7.71. The smallest absolute Gasteiger partial charge is 0.263 e. The average Bonchev–Trinajstić information content (AvgIpc) is 2.76. The fourth-order valence-corrected chi connectivity index (χ4v) is 4.14. The van der Waals surface area contributed by atoms with Gasteiger partial charge in [-0.15, -0.1) is 19.2 Å². The third kappa shape index (κ3) is 5.57. The van der Waals surface area contributed by atoms with Gasteiger partial charge in [-0.3, -0.25) is 14.2 Å². The summed E-state index contributed by atoms with van der Waals surface area (Å²) in [7, 11) is 0. The summed E-state index contributed by atoms with van der Waals surface area (Å²) < 4.78 is 14.5. The van der Waals surface area contributed by atoms with Gasteiger partial charge in [-0.25, -0.2) is 9.37 Å². The lowest BCUT2D eigenvalue weighted by molar-refractivity contribution is -0.113. The van der Waals surface area contributed by atoms with Crippen LogP contribution < -0.4 is 10.9 Å². The molecule has 0 saturated heterocycles. The number of thiol groups is 1. The van der Waals surface area contributed by atoms with E-state index in [1.165, 1.54) is 28.8 Å². The maximum Gasteiger partial charge on any atom is 0.263 e. The fraction of sp³-hybridized carbons (Fsp3) is 0.125. The van der Waals surface area contributed by atoms with Crippen LogP contribution in [0.3, 0.4) is 0 Å². The molecule has 0 unspecified atom stereocenters. The summed E-state index contributed by atoms with van der Waals surface area (Å²) in [4.78, 5) is 30.0. The first-order valence-corrected chi connectivity index (χ1v) is 11.1. The lowest BCUT2D eigenvalue weighted by atomic mass is 10.0. The summed E-state index contributed by atoms with van der Waals surface area (Å²) in [6, 6.07) is 13.1. The van der Waals surface area contributed by atoms with E-state index in [0.717, 1.165) is 22.9 Å². The highest BCUT2D eigenvalue weighted by atomic mass is 32.2. The van der Waals surface area contributed by atoms with Crippen molar-refractivity contribution < 1.29 is 9.18 Å². The van der Waals surface area contributed by atoms with Crippen molar-refractivity contribution in [2.24, 2.45) is 0 Å². The summed E-state index contributed by atoms with van der Waals surface area (Å²) in [5.74, 6) is -0.689. The molecule has 2 aromatic carbocycles. The predicted molar refractivity (Wildman–Crippen MR) is 131 cm³/mol. The normalized spacial score (nSPS) is 10.6. The minimum absolute atomic E-state index is 0.00638. The van der Waals surface area contributed by atoms with Crippen LogP contribution in [0.15, 0.2) is 82.7 Å². The third-order valence-electron chi connectivity index (χ3n) is 4.59. The van der Waals surface area contributed by atoms with Crippen molar-refractivity contribution in [2.75, 3.05) is 11.1 Å². The molecule has 0 bridgehead atoms. The fourth-order valence-electron chi connectivity index (χ4n) is 2.95. The Labute approximate surface area is 195 Å². The maximum atomic E-state index is 13.3. The molecule has 164 valence electrons. The van der Waals surface area contributed by atoms with Crippen molar-refractivity contribution in [1.29, 1.82) is 0 Å². The topological polar surface area (TPSA) is 64.0 Å². The zero-order valence-corrected chi connectivity index (χ0v) is 19.2. The molecule has 0 fully saturated rings. The standard InChI is InChI=1S/C24H22FN3O2S2/c1-4-13-28-23(30)21(16(3)17-7-5-15(2)6-8-17)22(31)27-24(28)32-14-20(29)26-19-11-9-18(25)10-12-19/h4-12,31H,1,3,13-14H2,2H3,(H,26,29). The zero-order valence-electron chi connectivity index (χ0n) is 17.5. The van der Waals surface area contributed by atoms with Crippen LogP contribution in [-0.4, -0.2) is 21.2 Å². The van der Waals surface area contributed by atoms with Gasteiger partial charge in [0, 0.05) is 12.2 Å². The van der Waals surface area contributed by atoms with Crippen LogP contribution in [0.4, 0.5) is 10.1 Å². The van der Waals surface area contributed by atoms with Crippen LogP contribution in [-0.2, 0) is 11.3 Å². The summed E-state index contributed by atoms with van der Waals surface area (Å²) >= 11 is 5.54. The Morgan fingerprint density at radius 1 is 1.22 bits per heavy atom. The van der Waals surface area contributed by atoms with Crippen molar-refractivity contribution in [1.82, 2.24) is 9.55 Å². The summed E-state index contributed by atoms with van der Waals surface area (Å²) in [5.41, 5.74) is 2.90. The molecule has 5 nitrogen and oxygen atoms in total. The molecule has 0 aliphatic heterocycles. The van der Waals surface area contributed by atoms with Gasteiger partial charge in [0.05, 0.1) is 11.3 Å². The van der Waals surface area contributed by atoms with Crippen LogP contribution in [0.25, 0.3) is 5.57 Å². The molecule has 0 aliphatic carbocycles. The van der Waals surface area contributed by atoms with Crippen molar-refractivity contribution in [3.8, 4) is 0 Å². The average molecular weight is 468 g/mol. The number of hydrogen-bond donors (Lipinski definition) is 2. The number of thioether (sulfide) groups is 1. The van der Waals surface area contributed by atoms with E-state index in [-0.39, 0.29) is 34.6 Å². The van der Waals surface area contributed by atoms with Crippen molar-refractivity contribution in [2.45, 2.75) is 23.7 Å². The van der Waals surface area contributed by atoms with E-state index in [1.807, 2.05) is 31.2 Å². The highest BCUT2D eigenvalue weighted by Gasteiger charge is 2.19. The quantitative estimate of drug-likeness (QED) is 0.162. The van der Waals surface area contributed by atoms with Gasteiger partial charge < -0.3 is 5.32 Å². The van der Waals surface area contributed by atoms with Crippen LogP contribution in [0.5, 0.6) is 0 Å². The van der Waals surface area contributed by atoms with E-state index in [0.29, 0.717) is 22.0 Å². The highest BCUT2D eigenvalue weighted by molar-refractivity contribution is 7.99. The second-order valence-electron chi connectivity index (χ2n) is 6.99. The number of benzene rings is 2. The Bertz CT molecular complexity index is 1220. The van der Waals surface area contributed by atoms with Gasteiger partial charge >= 0.3 is 0 Å². The highest BCUT2D eigenvalue weighted by Crippen LogP contribution is 2.26. The number of aryl methyl sites for hydroxylation is 1. The molecule has 0 saturated carbocycles. The number of rotatable bonds is 8. The SMILES string of the molecule is C=CCn1c(SCC(=O)Nc2ccc(F)cc2)nc(S)c(C(=C)c2ccc(C)cc2)c1=O. The van der Waals surface area contributed by atoms with Gasteiger partial charge in [0.15, 0.2) is 5.16 Å². The summed E-state index contributed by atoms with van der Waals surface area (Å²) in [6.07, 6.45) is 1.59. The number of carbonyl (C=O) groups excluding carboxylic acids is 1. The Morgan fingerprint density at radius 3 is 2.50 bits per heavy atom. The largest absolute Gasteiger partial charge is 0.325 e. The number of allylic oxidation sites excluding steroid dienone is 1. The van der Waals surface area contributed by atoms with Gasteiger partial charge in [0.25, 0.3) is 5.56 Å². The molecule has 0 radical (unpaired) electrons. The van der Waals surface area contributed by atoms with Gasteiger partial charge in [0.1, 0.15) is 10.8 Å². The van der Waals surface area contributed by atoms with Gasteiger partial charge in [-0.1, -0.05) is 54.2 Å². The molecule has 1 heterocycles. The van der Waals surface area contributed by atoms with Crippen LogP contribution in [0.2, 0.25) is 0 Å². The monoisotopic (exact) mass is 467 g/mol. The molecule has 8 heteroatoms. The minimum Gasteiger partial charge on any atom is -0.325 e. The first kappa shape index (κ1) is 23.6. The molecule has 3 rings (SSSR count). The zero-order chi connectivity index (χ0) is 23.3. The molecule has 3 aromatic rings. The van der Waals surface area contributed by atoms with E-state index in [2.05, 4.69) is 36.1 Å². The third-order valence-corrected chi connectivity index (χ3v) is 5.89. The number of nitrogens with zero attached hydrogens (tertiary/aromatic N) is 2. The second kappa shape index (κ2) is 10.5. The molecular formula is C24H22FN3O2S2. The molecule has 0 aliphatic rings. The number of halogens is 1. The van der Waals surface area contributed by atoms with E-state index in [4.69, 9.17) is 0 Å². The number of nitrogens with one attached hydrogen (secondary N) is 1. The van der Waals surface area contributed by atoms with E-state index >= 15 is 0 Å². The molecule has 0 atom stereocenters. The molecule has 1 amide bonds. The molecule has 32 heavy (non-hydrogen) atoms. The van der Waals surface area contributed by atoms with Crippen LogP contribution in [0.1, 0.15) is 16.7 Å². The summed E-state index contributed by atoms with van der Waals surface area (Å²) in [5, 5.41) is 3.26. The van der Waals surface area contributed by atoms with Crippen molar-refractivity contribution in [3.05, 3.63) is 101 Å². The summed E-state index contributed by atoms with van der Waals surface area (Å²) in [6.45, 7) is 9.99. The lowest BCUT2D eigenvalue weighted by Gasteiger charge is -2.15. The number of amides is 1. The van der Waals surface area contributed by atoms with E-state index in [1.54, 1.807) is 6.08 Å². The van der Waals surface area contributed by atoms with E-state index < -0.39 is 0 Å². The number of aromatic nitrogens is 2. The number of hydrogen-bond acceptors (Lipinski definition) is 5. The van der Waals surface area contributed by atoms with Gasteiger partial charge in [0.2, 0.25) is 5.91 Å². The Hall–Kier alpha value is -3.10. The lowest BCUT2D eigenvalue weighted by Crippen LogP contribution is -2.27. The van der Waals surface area contributed by atoms with Crippen molar-refractivity contribution in [3.63, 3.8) is 0 Å². The Balaban J connectivity index is 1.85. The van der Waals surface area contributed by atoms with E-state index in [9.17, 15) is 14.0 Å². The van der Waals surface area contributed by atoms with Crippen molar-refractivity contribution >= 4 is 41.6 Å². The van der Waals surface area contributed by atoms with Gasteiger partial charge in [-0.2, -0.15) is 0 Å². The number of carbonyl (C=O) groups is 1. The minimum atomic E-state index is -0.386. The van der Waals surface area contributed by atoms with Crippen LogP contribution in [0, 0.1) is 12.7 Å². The first-order chi connectivity index (χ1) is 15.3. The molecule has 1 N–H and O–H groups in total. The first-order valence-electron chi connectivity index (χ1n) is 9.69. The number of anilines is 1. The maximum absolute atomic E-state index is 13.3. The Morgan fingerprint density at radius 2 is 1.88 bits per heavy atom. The second-order valence-corrected chi connectivity index (χ2v) is 8.35.